The highest BCUT2D eigenvalue weighted by molar-refractivity contribution is 5.05. The zero-order valence-corrected chi connectivity index (χ0v) is 10.5. The van der Waals surface area contributed by atoms with Gasteiger partial charge in [0.1, 0.15) is 11.4 Å². The number of nitrogens with zero attached hydrogens (tertiary/aromatic N) is 3. The second kappa shape index (κ2) is 4.53. The van der Waals surface area contributed by atoms with Crippen LogP contribution in [-0.2, 0) is 6.54 Å². The Bertz CT molecular complexity index is 344. The predicted octanol–water partition coefficient (Wildman–Crippen LogP) is 2.39. The lowest BCUT2D eigenvalue weighted by Gasteiger charge is -2.26. The van der Waals surface area contributed by atoms with E-state index < -0.39 is 0 Å². The Morgan fingerprint density at radius 1 is 1.31 bits per heavy atom. The molecule has 0 N–H and O–H groups in total. The van der Waals surface area contributed by atoms with E-state index >= 15 is 0 Å². The van der Waals surface area contributed by atoms with Crippen molar-refractivity contribution in [2.24, 2.45) is 5.41 Å². The molecule has 0 saturated carbocycles. The first-order valence-electron chi connectivity index (χ1n) is 6.19. The van der Waals surface area contributed by atoms with Crippen LogP contribution >= 0.6 is 0 Å². The van der Waals surface area contributed by atoms with E-state index in [0.717, 1.165) is 17.9 Å². The van der Waals surface area contributed by atoms with E-state index in [9.17, 15) is 0 Å². The lowest BCUT2D eigenvalue weighted by Crippen LogP contribution is -2.26. The minimum absolute atomic E-state index is 0.533. The Morgan fingerprint density at radius 3 is 2.56 bits per heavy atom. The van der Waals surface area contributed by atoms with E-state index in [-0.39, 0.29) is 0 Å². The molecule has 1 saturated heterocycles. The number of rotatable bonds is 4. The molecule has 0 radical (unpaired) electrons. The average Bonchev–Trinajstić information content (AvgIpc) is 2.88. The van der Waals surface area contributed by atoms with Crippen LogP contribution in [0.25, 0.3) is 0 Å². The molecule has 2 rings (SSSR count). The average molecular weight is 223 g/mol. The number of aryl methyl sites for hydroxylation is 1. The van der Waals surface area contributed by atoms with Crippen molar-refractivity contribution in [1.29, 1.82) is 0 Å². The van der Waals surface area contributed by atoms with Gasteiger partial charge in [-0.05, 0) is 38.1 Å². The lowest BCUT2D eigenvalue weighted by atomic mass is 9.82. The molecule has 1 aliphatic heterocycles. The topological polar surface area (TPSA) is 42.2 Å². The zero-order chi connectivity index (χ0) is 11.6. The third kappa shape index (κ3) is 2.12. The van der Waals surface area contributed by atoms with Gasteiger partial charge in [0.25, 0.3) is 0 Å². The Kier molecular flexibility index (Phi) is 3.28. The first kappa shape index (κ1) is 11.6. The van der Waals surface area contributed by atoms with Gasteiger partial charge in [-0.1, -0.05) is 24.2 Å². The van der Waals surface area contributed by atoms with E-state index in [4.69, 9.17) is 4.63 Å². The molecule has 0 aromatic carbocycles. The van der Waals surface area contributed by atoms with Gasteiger partial charge in [-0.25, -0.2) is 4.63 Å². The number of hydrogen-bond acceptors (Lipinski definition) is 4. The minimum atomic E-state index is 0.533. The summed E-state index contributed by atoms with van der Waals surface area (Å²) in [7, 11) is 0. The van der Waals surface area contributed by atoms with E-state index in [2.05, 4.69) is 29.1 Å². The summed E-state index contributed by atoms with van der Waals surface area (Å²) in [5.74, 6) is 0. The molecular weight excluding hydrogens is 202 g/mol. The van der Waals surface area contributed by atoms with Crippen molar-refractivity contribution in [1.82, 2.24) is 15.2 Å². The Labute approximate surface area is 97.0 Å². The Balaban J connectivity index is 1.97. The summed E-state index contributed by atoms with van der Waals surface area (Å²) < 4.78 is 4.73. The lowest BCUT2D eigenvalue weighted by molar-refractivity contribution is 0.230. The van der Waals surface area contributed by atoms with Crippen molar-refractivity contribution >= 4 is 0 Å². The number of hydrogen-bond donors (Lipinski definition) is 0. The number of likely N-dealkylation sites (tertiary alicyclic amines) is 1. The van der Waals surface area contributed by atoms with Gasteiger partial charge in [-0.15, -0.1) is 0 Å². The SMILES string of the molecule is CCC1(CC)CCN(Cc2nonc2C)C1. The quantitative estimate of drug-likeness (QED) is 0.786. The summed E-state index contributed by atoms with van der Waals surface area (Å²) in [4.78, 5) is 2.47. The van der Waals surface area contributed by atoms with Gasteiger partial charge >= 0.3 is 0 Å². The normalized spacial score (nSPS) is 20.4. The molecule has 0 unspecified atom stereocenters. The molecule has 90 valence electrons. The van der Waals surface area contributed by atoms with Crippen molar-refractivity contribution in [3.63, 3.8) is 0 Å². The summed E-state index contributed by atoms with van der Waals surface area (Å²) in [6, 6.07) is 0. The fraction of sp³-hybridized carbons (Fsp3) is 0.833. The zero-order valence-electron chi connectivity index (χ0n) is 10.5. The van der Waals surface area contributed by atoms with Crippen LogP contribution in [0.4, 0.5) is 0 Å². The van der Waals surface area contributed by atoms with Crippen molar-refractivity contribution < 1.29 is 4.63 Å². The largest absolute Gasteiger partial charge is 0.297 e. The van der Waals surface area contributed by atoms with Crippen molar-refractivity contribution in [3.8, 4) is 0 Å². The molecule has 0 amide bonds. The number of aromatic nitrogens is 2. The smallest absolute Gasteiger partial charge is 0.122 e. The Hall–Kier alpha value is -0.900. The molecule has 16 heavy (non-hydrogen) atoms. The standard InChI is InChI=1S/C12H21N3O/c1-4-12(5-2)6-7-15(9-12)8-11-10(3)13-16-14-11/h4-9H2,1-3H3. The summed E-state index contributed by atoms with van der Waals surface area (Å²) in [6.07, 6.45) is 3.86. The highest BCUT2D eigenvalue weighted by Gasteiger charge is 2.35. The molecule has 0 atom stereocenters. The second-order valence-electron chi connectivity index (χ2n) is 4.96. The first-order valence-corrected chi connectivity index (χ1v) is 6.19. The van der Waals surface area contributed by atoms with Gasteiger partial charge in [0.15, 0.2) is 0 Å². The fourth-order valence-electron chi connectivity index (χ4n) is 2.59. The maximum atomic E-state index is 4.73. The molecule has 4 nitrogen and oxygen atoms in total. The molecule has 1 aromatic heterocycles. The van der Waals surface area contributed by atoms with Gasteiger partial charge in [0.2, 0.25) is 0 Å². The predicted molar refractivity (Wildman–Crippen MR) is 61.9 cm³/mol. The van der Waals surface area contributed by atoms with Gasteiger partial charge in [0, 0.05) is 13.1 Å². The van der Waals surface area contributed by atoms with Gasteiger partial charge in [-0.2, -0.15) is 0 Å². The van der Waals surface area contributed by atoms with E-state index in [0.29, 0.717) is 5.41 Å². The van der Waals surface area contributed by atoms with Gasteiger partial charge in [-0.3, -0.25) is 4.90 Å². The first-order chi connectivity index (χ1) is 7.69. The van der Waals surface area contributed by atoms with E-state index in [1.54, 1.807) is 0 Å². The summed E-state index contributed by atoms with van der Waals surface area (Å²) in [5, 5.41) is 7.77. The monoisotopic (exact) mass is 223 g/mol. The molecule has 1 fully saturated rings. The van der Waals surface area contributed by atoms with E-state index in [1.165, 1.54) is 32.4 Å². The molecule has 1 aliphatic rings. The van der Waals surface area contributed by atoms with E-state index in [1.807, 2.05) is 6.92 Å². The van der Waals surface area contributed by atoms with Crippen LogP contribution in [0.15, 0.2) is 4.63 Å². The fourth-order valence-corrected chi connectivity index (χ4v) is 2.59. The third-order valence-corrected chi connectivity index (χ3v) is 4.14. The van der Waals surface area contributed by atoms with Crippen LogP contribution in [0.1, 0.15) is 44.5 Å². The highest BCUT2D eigenvalue weighted by Crippen LogP contribution is 2.37. The summed E-state index contributed by atoms with van der Waals surface area (Å²) in [5.41, 5.74) is 2.44. The van der Waals surface area contributed by atoms with Crippen LogP contribution in [0, 0.1) is 12.3 Å². The maximum absolute atomic E-state index is 4.73. The minimum Gasteiger partial charge on any atom is -0.297 e. The molecule has 1 aromatic rings. The molecule has 2 heterocycles. The van der Waals surface area contributed by atoms with Crippen LogP contribution in [-0.4, -0.2) is 28.3 Å². The highest BCUT2D eigenvalue weighted by atomic mass is 16.6. The third-order valence-electron chi connectivity index (χ3n) is 4.14. The van der Waals surface area contributed by atoms with Crippen LogP contribution in [0.2, 0.25) is 0 Å². The van der Waals surface area contributed by atoms with Crippen molar-refractivity contribution in [3.05, 3.63) is 11.4 Å². The maximum Gasteiger partial charge on any atom is 0.122 e. The van der Waals surface area contributed by atoms with Crippen LogP contribution in [0.5, 0.6) is 0 Å². The van der Waals surface area contributed by atoms with Gasteiger partial charge < -0.3 is 0 Å². The molecule has 4 heteroatoms. The van der Waals surface area contributed by atoms with Crippen molar-refractivity contribution in [2.75, 3.05) is 13.1 Å². The Morgan fingerprint density at radius 2 is 2.06 bits per heavy atom. The van der Waals surface area contributed by atoms with Crippen LogP contribution < -0.4 is 0 Å². The van der Waals surface area contributed by atoms with Crippen LogP contribution in [0.3, 0.4) is 0 Å². The summed E-state index contributed by atoms with van der Waals surface area (Å²) in [6.45, 7) is 9.80. The summed E-state index contributed by atoms with van der Waals surface area (Å²) >= 11 is 0. The molecule has 0 aliphatic carbocycles. The van der Waals surface area contributed by atoms with Crippen molar-refractivity contribution in [2.45, 2.75) is 46.6 Å². The molecule has 0 bridgehead atoms. The second-order valence-corrected chi connectivity index (χ2v) is 4.96. The molecular formula is C12H21N3O. The molecule has 0 spiro atoms. The van der Waals surface area contributed by atoms with Gasteiger partial charge in [0.05, 0.1) is 0 Å².